The number of nitrogens with zero attached hydrogens (tertiary/aromatic N) is 1. The van der Waals surface area contributed by atoms with Gasteiger partial charge in [0.15, 0.2) is 0 Å². The first-order valence-electron chi connectivity index (χ1n) is 8.93. The Labute approximate surface area is 159 Å². The number of hydrogen-bond acceptors (Lipinski definition) is 4. The highest BCUT2D eigenvalue weighted by molar-refractivity contribution is 7.21. The zero-order valence-electron chi connectivity index (χ0n) is 14.8. The summed E-state index contributed by atoms with van der Waals surface area (Å²) in [7, 11) is 0. The minimum Gasteiger partial charge on any atom is -0.397 e. The Morgan fingerprint density at radius 2 is 2.19 bits per heavy atom. The maximum atomic E-state index is 13.8. The van der Waals surface area contributed by atoms with Crippen LogP contribution in [0.1, 0.15) is 40.7 Å². The monoisotopic (exact) mass is 387 g/mol. The summed E-state index contributed by atoms with van der Waals surface area (Å²) in [5.74, 6) is -1.25. The fraction of sp³-hybridized carbons (Fsp3) is 0.300. The van der Waals surface area contributed by atoms with Crippen LogP contribution in [0.2, 0.25) is 0 Å². The van der Waals surface area contributed by atoms with Crippen molar-refractivity contribution in [1.82, 2.24) is 4.98 Å². The third-order valence-corrected chi connectivity index (χ3v) is 6.26. The normalized spacial score (nSPS) is 16.3. The molecule has 4 rings (SSSR count). The molecule has 1 amide bonds. The largest absolute Gasteiger partial charge is 0.397 e. The second-order valence-electron chi connectivity index (χ2n) is 6.89. The molecular weight excluding hydrogens is 368 g/mol. The van der Waals surface area contributed by atoms with Crippen molar-refractivity contribution in [3.63, 3.8) is 0 Å². The molecule has 3 N–H and O–H groups in total. The molecule has 0 aliphatic heterocycles. The van der Waals surface area contributed by atoms with Crippen molar-refractivity contribution in [3.05, 3.63) is 52.0 Å². The van der Waals surface area contributed by atoms with Gasteiger partial charge < -0.3 is 11.1 Å². The summed E-state index contributed by atoms with van der Waals surface area (Å²) < 4.78 is 27.1. The quantitative estimate of drug-likeness (QED) is 0.670. The van der Waals surface area contributed by atoms with Gasteiger partial charge in [0.1, 0.15) is 21.3 Å². The van der Waals surface area contributed by atoms with Crippen molar-refractivity contribution in [2.75, 3.05) is 11.1 Å². The van der Waals surface area contributed by atoms with E-state index in [4.69, 9.17) is 10.7 Å². The lowest BCUT2D eigenvalue weighted by Gasteiger charge is -2.22. The topological polar surface area (TPSA) is 68.0 Å². The number of anilines is 2. The molecule has 2 heterocycles. The predicted octanol–water partition coefficient (Wildman–Crippen LogP) is 4.92. The molecule has 2 aromatic heterocycles. The number of fused-ring (bicyclic) bond motifs is 2. The summed E-state index contributed by atoms with van der Waals surface area (Å²) in [6, 6.07) is 4.94. The lowest BCUT2D eigenvalue weighted by Crippen LogP contribution is -2.14. The molecule has 0 fully saturated rings. The molecule has 1 aromatic carbocycles. The first-order valence-corrected chi connectivity index (χ1v) is 9.75. The minimum atomic E-state index is -0.705. The van der Waals surface area contributed by atoms with E-state index in [0.717, 1.165) is 55.0 Å². The molecule has 0 bridgehead atoms. The van der Waals surface area contributed by atoms with Crippen molar-refractivity contribution in [2.45, 2.75) is 32.6 Å². The van der Waals surface area contributed by atoms with Crippen molar-refractivity contribution in [2.24, 2.45) is 5.92 Å². The molecule has 0 spiro atoms. The highest BCUT2D eigenvalue weighted by Crippen LogP contribution is 2.37. The Morgan fingerprint density at radius 1 is 1.37 bits per heavy atom. The SMILES string of the molecule is CC[C@H]1CCc2nc3sc(C(=O)Nc4cc(F)ccc4F)c(N)c3cc2C1. The van der Waals surface area contributed by atoms with E-state index < -0.39 is 17.5 Å². The first kappa shape index (κ1) is 17.9. The van der Waals surface area contributed by atoms with E-state index in [1.807, 2.05) is 6.07 Å². The van der Waals surface area contributed by atoms with Crippen LogP contribution in [0.3, 0.4) is 0 Å². The number of thiophene rings is 1. The lowest BCUT2D eigenvalue weighted by atomic mass is 9.85. The second kappa shape index (κ2) is 6.88. The van der Waals surface area contributed by atoms with E-state index in [-0.39, 0.29) is 10.6 Å². The third kappa shape index (κ3) is 3.27. The molecule has 1 aliphatic rings. The van der Waals surface area contributed by atoms with E-state index in [2.05, 4.69) is 12.2 Å². The molecule has 3 aromatic rings. The van der Waals surface area contributed by atoms with E-state index in [9.17, 15) is 13.6 Å². The van der Waals surface area contributed by atoms with Gasteiger partial charge in [-0.1, -0.05) is 13.3 Å². The van der Waals surface area contributed by atoms with Crippen LogP contribution in [-0.4, -0.2) is 10.9 Å². The van der Waals surface area contributed by atoms with Crippen LogP contribution in [0.25, 0.3) is 10.2 Å². The number of nitrogens with one attached hydrogen (secondary N) is 1. The van der Waals surface area contributed by atoms with Gasteiger partial charge in [-0.2, -0.15) is 0 Å². The fourth-order valence-electron chi connectivity index (χ4n) is 3.56. The number of pyridine rings is 1. The molecule has 1 aliphatic carbocycles. The van der Waals surface area contributed by atoms with Crippen LogP contribution >= 0.6 is 11.3 Å². The van der Waals surface area contributed by atoms with E-state index in [1.165, 1.54) is 16.9 Å². The Kier molecular flexibility index (Phi) is 4.55. The zero-order chi connectivity index (χ0) is 19.1. The first-order chi connectivity index (χ1) is 13.0. The Balaban J connectivity index is 1.69. The summed E-state index contributed by atoms with van der Waals surface area (Å²) in [5.41, 5.74) is 8.58. The number of nitrogen functional groups attached to an aromatic ring is 1. The Hall–Kier alpha value is -2.54. The van der Waals surface area contributed by atoms with Crippen molar-refractivity contribution in [3.8, 4) is 0 Å². The summed E-state index contributed by atoms with van der Waals surface area (Å²) in [6.07, 6.45) is 4.15. The van der Waals surface area contributed by atoms with Gasteiger partial charge in [-0.05, 0) is 48.9 Å². The average molecular weight is 387 g/mol. The summed E-state index contributed by atoms with van der Waals surface area (Å²) in [6.45, 7) is 2.19. The summed E-state index contributed by atoms with van der Waals surface area (Å²) in [5, 5.41) is 3.15. The van der Waals surface area contributed by atoms with Crippen LogP contribution in [0.5, 0.6) is 0 Å². The van der Waals surface area contributed by atoms with Gasteiger partial charge in [0.25, 0.3) is 5.91 Å². The molecule has 27 heavy (non-hydrogen) atoms. The molecule has 0 saturated carbocycles. The van der Waals surface area contributed by atoms with Crippen LogP contribution in [0, 0.1) is 17.6 Å². The Morgan fingerprint density at radius 3 is 2.96 bits per heavy atom. The Bertz CT molecular complexity index is 1050. The van der Waals surface area contributed by atoms with Gasteiger partial charge in [-0.3, -0.25) is 4.79 Å². The van der Waals surface area contributed by atoms with Crippen LogP contribution in [0.15, 0.2) is 24.3 Å². The van der Waals surface area contributed by atoms with Gasteiger partial charge >= 0.3 is 0 Å². The van der Waals surface area contributed by atoms with Crippen molar-refractivity contribution >= 4 is 38.8 Å². The fourth-order valence-corrected chi connectivity index (χ4v) is 4.55. The maximum absolute atomic E-state index is 13.8. The molecule has 0 radical (unpaired) electrons. The number of aryl methyl sites for hydroxylation is 1. The molecule has 1 atom stereocenters. The van der Waals surface area contributed by atoms with Gasteiger partial charge in [0, 0.05) is 17.1 Å². The highest BCUT2D eigenvalue weighted by Gasteiger charge is 2.23. The van der Waals surface area contributed by atoms with Crippen LogP contribution in [0.4, 0.5) is 20.2 Å². The van der Waals surface area contributed by atoms with E-state index in [1.54, 1.807) is 0 Å². The molecule has 140 valence electrons. The van der Waals surface area contributed by atoms with Gasteiger partial charge in [0.2, 0.25) is 0 Å². The summed E-state index contributed by atoms with van der Waals surface area (Å²) >= 11 is 1.18. The number of amides is 1. The predicted molar refractivity (Wildman–Crippen MR) is 104 cm³/mol. The van der Waals surface area contributed by atoms with Crippen molar-refractivity contribution < 1.29 is 13.6 Å². The van der Waals surface area contributed by atoms with E-state index in [0.29, 0.717) is 16.4 Å². The number of aromatic nitrogens is 1. The van der Waals surface area contributed by atoms with Crippen molar-refractivity contribution in [1.29, 1.82) is 0 Å². The number of carbonyl (C=O) groups excluding carboxylic acids is 1. The number of nitrogens with two attached hydrogens (primary N) is 1. The molecule has 4 nitrogen and oxygen atoms in total. The second-order valence-corrected chi connectivity index (χ2v) is 7.89. The standard InChI is InChI=1S/C20H19F2N3OS/c1-2-10-3-6-15-11(7-10)8-13-17(23)18(27-20(13)25-15)19(26)24-16-9-12(21)4-5-14(16)22/h4-5,8-10H,2-3,6-7,23H2,1H3,(H,24,26)/t10-/m0/s1. The molecule has 7 heteroatoms. The summed E-state index contributed by atoms with van der Waals surface area (Å²) in [4.78, 5) is 18.3. The van der Waals surface area contributed by atoms with Crippen LogP contribution in [-0.2, 0) is 12.8 Å². The van der Waals surface area contributed by atoms with Gasteiger partial charge in [0.05, 0.1) is 11.4 Å². The zero-order valence-corrected chi connectivity index (χ0v) is 15.6. The molecule has 0 unspecified atom stereocenters. The number of halogens is 2. The smallest absolute Gasteiger partial charge is 0.268 e. The van der Waals surface area contributed by atoms with E-state index >= 15 is 0 Å². The number of hydrogen-bond donors (Lipinski definition) is 2. The molecule has 0 saturated heterocycles. The molecular formula is C20H19F2N3OS. The third-order valence-electron chi connectivity index (χ3n) is 5.15. The van der Waals surface area contributed by atoms with Gasteiger partial charge in [-0.15, -0.1) is 11.3 Å². The van der Waals surface area contributed by atoms with Crippen LogP contribution < -0.4 is 11.1 Å². The highest BCUT2D eigenvalue weighted by atomic mass is 32.1. The van der Waals surface area contributed by atoms with Gasteiger partial charge in [-0.25, -0.2) is 13.8 Å². The number of carbonyl (C=O) groups is 1. The number of benzene rings is 1. The average Bonchev–Trinajstić information content (AvgIpc) is 2.98. The lowest BCUT2D eigenvalue weighted by molar-refractivity contribution is 0.103. The number of rotatable bonds is 3. The maximum Gasteiger partial charge on any atom is 0.268 e. The minimum absolute atomic E-state index is 0.213.